The highest BCUT2D eigenvalue weighted by Crippen LogP contribution is 2.28. The zero-order valence-corrected chi connectivity index (χ0v) is 21.9. The van der Waals surface area contributed by atoms with E-state index in [0.29, 0.717) is 63.6 Å². The van der Waals surface area contributed by atoms with Crippen LogP contribution in [0.4, 0.5) is 17.2 Å². The normalized spacial score (nSPS) is 16.4. The maximum absolute atomic E-state index is 13.2. The minimum atomic E-state index is -0.285. The van der Waals surface area contributed by atoms with Gasteiger partial charge in [-0.15, -0.1) is 0 Å². The number of ether oxygens (including phenoxy) is 3. The van der Waals surface area contributed by atoms with Crippen LogP contribution in [0.15, 0.2) is 66.9 Å². The molecule has 9 heteroatoms. The number of amides is 2. The fourth-order valence-electron chi connectivity index (χ4n) is 4.66. The van der Waals surface area contributed by atoms with Crippen molar-refractivity contribution in [1.82, 2.24) is 10.3 Å². The van der Waals surface area contributed by atoms with Crippen LogP contribution in [0, 0.1) is 5.92 Å². The topological polar surface area (TPSA) is 111 Å². The Hall–Kier alpha value is -3.79. The van der Waals surface area contributed by atoms with E-state index in [1.54, 1.807) is 6.20 Å². The lowest BCUT2D eigenvalue weighted by atomic mass is 9.99. The Morgan fingerprint density at radius 3 is 2.46 bits per heavy atom. The highest BCUT2D eigenvalue weighted by Gasteiger charge is 2.22. The Morgan fingerprint density at radius 2 is 1.67 bits per heavy atom. The van der Waals surface area contributed by atoms with Crippen LogP contribution in [0.2, 0.25) is 0 Å². The van der Waals surface area contributed by atoms with Gasteiger partial charge in [0.05, 0.1) is 13.2 Å². The summed E-state index contributed by atoms with van der Waals surface area (Å²) < 4.78 is 16.5. The number of carbonyl (C=O) groups is 2. The number of rotatable bonds is 9. The summed E-state index contributed by atoms with van der Waals surface area (Å²) in [5, 5.41) is 9.32. The third kappa shape index (κ3) is 7.63. The SMILES string of the molecule is O=C(NCCC1OCCCO1)c1cc(Nc2ccccc2)cc(-c2ccnc(NC(=O)C3CCOCC3)c2)c1. The Balaban J connectivity index is 1.34. The average molecular weight is 531 g/mol. The van der Waals surface area contributed by atoms with Gasteiger partial charge >= 0.3 is 0 Å². The lowest BCUT2D eigenvalue weighted by molar-refractivity contribution is -0.180. The van der Waals surface area contributed by atoms with E-state index >= 15 is 0 Å². The molecular formula is C30H34N4O5. The van der Waals surface area contributed by atoms with Gasteiger partial charge in [-0.2, -0.15) is 0 Å². The van der Waals surface area contributed by atoms with Crippen molar-refractivity contribution < 1.29 is 23.8 Å². The number of nitrogens with one attached hydrogen (secondary N) is 3. The van der Waals surface area contributed by atoms with E-state index < -0.39 is 0 Å². The Labute approximate surface area is 228 Å². The van der Waals surface area contributed by atoms with Crippen LogP contribution in [-0.4, -0.2) is 56.1 Å². The molecule has 1 aromatic heterocycles. The van der Waals surface area contributed by atoms with Crippen LogP contribution < -0.4 is 16.0 Å². The second kappa shape index (κ2) is 13.3. The molecule has 3 N–H and O–H groups in total. The molecule has 204 valence electrons. The predicted molar refractivity (Wildman–Crippen MR) is 149 cm³/mol. The van der Waals surface area contributed by atoms with Crippen LogP contribution >= 0.6 is 0 Å². The van der Waals surface area contributed by atoms with E-state index in [1.807, 2.05) is 60.7 Å². The molecule has 3 aromatic rings. The van der Waals surface area contributed by atoms with E-state index in [-0.39, 0.29) is 24.0 Å². The van der Waals surface area contributed by atoms with Gasteiger partial charge in [-0.1, -0.05) is 18.2 Å². The van der Waals surface area contributed by atoms with Crippen LogP contribution in [0.5, 0.6) is 0 Å². The number of aromatic nitrogens is 1. The highest BCUT2D eigenvalue weighted by atomic mass is 16.7. The molecule has 0 aliphatic carbocycles. The number of hydrogen-bond acceptors (Lipinski definition) is 7. The lowest BCUT2D eigenvalue weighted by Gasteiger charge is -2.23. The molecule has 39 heavy (non-hydrogen) atoms. The van der Waals surface area contributed by atoms with Gasteiger partial charge in [-0.05, 0) is 72.9 Å². The molecular weight excluding hydrogens is 496 g/mol. The third-order valence-corrected chi connectivity index (χ3v) is 6.76. The maximum atomic E-state index is 13.2. The molecule has 0 bridgehead atoms. The van der Waals surface area contributed by atoms with Gasteiger partial charge in [0, 0.05) is 55.2 Å². The molecule has 9 nitrogen and oxygen atoms in total. The van der Waals surface area contributed by atoms with Crippen molar-refractivity contribution >= 4 is 29.0 Å². The van der Waals surface area contributed by atoms with Crippen molar-refractivity contribution in [2.75, 3.05) is 43.6 Å². The van der Waals surface area contributed by atoms with E-state index in [1.165, 1.54) is 0 Å². The summed E-state index contributed by atoms with van der Waals surface area (Å²) in [6.07, 6.45) is 4.26. The number of pyridine rings is 1. The van der Waals surface area contributed by atoms with Gasteiger partial charge in [0.15, 0.2) is 6.29 Å². The number of nitrogens with zero attached hydrogens (tertiary/aromatic N) is 1. The monoisotopic (exact) mass is 530 g/mol. The van der Waals surface area contributed by atoms with Crippen molar-refractivity contribution in [3.63, 3.8) is 0 Å². The van der Waals surface area contributed by atoms with Crippen LogP contribution in [-0.2, 0) is 19.0 Å². The van der Waals surface area contributed by atoms with Crippen molar-refractivity contribution in [1.29, 1.82) is 0 Å². The number of benzene rings is 2. The molecule has 2 aromatic carbocycles. The zero-order chi connectivity index (χ0) is 26.9. The Morgan fingerprint density at radius 1 is 0.872 bits per heavy atom. The van der Waals surface area contributed by atoms with Gasteiger partial charge in [0.1, 0.15) is 5.82 Å². The standard InChI is InChI=1S/C30H34N4O5/c35-29(32-12-8-28-38-13-4-14-39-28)24-17-23(18-26(19-24)33-25-5-2-1-3-6-25)22-7-11-31-27(20-22)34-30(36)21-9-15-37-16-10-21/h1-3,5-7,11,17-21,28,33H,4,8-10,12-16H2,(H,32,35)(H,31,34,36). The first kappa shape index (κ1) is 26.8. The lowest BCUT2D eigenvalue weighted by Crippen LogP contribution is -2.31. The minimum absolute atomic E-state index is 0.0477. The molecule has 0 spiro atoms. The summed E-state index contributed by atoms with van der Waals surface area (Å²) >= 11 is 0. The largest absolute Gasteiger partial charge is 0.381 e. The minimum Gasteiger partial charge on any atom is -0.381 e. The van der Waals surface area contributed by atoms with Crippen molar-refractivity contribution in [2.24, 2.45) is 5.92 Å². The first-order valence-electron chi connectivity index (χ1n) is 13.5. The van der Waals surface area contributed by atoms with Gasteiger partial charge in [0.25, 0.3) is 5.91 Å². The fraction of sp³-hybridized carbons (Fsp3) is 0.367. The number of carbonyl (C=O) groups excluding carboxylic acids is 2. The van der Waals surface area contributed by atoms with E-state index in [4.69, 9.17) is 14.2 Å². The molecule has 5 rings (SSSR count). The molecule has 0 atom stereocenters. The number of hydrogen-bond donors (Lipinski definition) is 3. The summed E-state index contributed by atoms with van der Waals surface area (Å²) in [6, 6.07) is 19.1. The Kier molecular flexibility index (Phi) is 9.16. The quantitative estimate of drug-likeness (QED) is 0.366. The van der Waals surface area contributed by atoms with Crippen LogP contribution in [0.1, 0.15) is 36.0 Å². The first-order chi connectivity index (χ1) is 19.1. The summed E-state index contributed by atoms with van der Waals surface area (Å²) in [5.41, 5.74) is 3.85. The van der Waals surface area contributed by atoms with Gasteiger partial charge in [0.2, 0.25) is 5.91 Å². The summed E-state index contributed by atoms with van der Waals surface area (Å²) in [4.78, 5) is 30.3. The summed E-state index contributed by atoms with van der Waals surface area (Å²) in [7, 11) is 0. The average Bonchev–Trinajstić information content (AvgIpc) is 2.98. The van der Waals surface area contributed by atoms with Gasteiger partial charge in [-0.3, -0.25) is 9.59 Å². The van der Waals surface area contributed by atoms with Crippen molar-refractivity contribution in [3.05, 3.63) is 72.4 Å². The summed E-state index contributed by atoms with van der Waals surface area (Å²) in [5.74, 6) is 0.158. The second-order valence-electron chi connectivity index (χ2n) is 9.66. The summed E-state index contributed by atoms with van der Waals surface area (Å²) in [6.45, 7) is 2.99. The molecule has 2 saturated heterocycles. The predicted octanol–water partition coefficient (Wildman–Crippen LogP) is 4.74. The van der Waals surface area contributed by atoms with Crippen LogP contribution in [0.25, 0.3) is 11.1 Å². The molecule has 2 amide bonds. The molecule has 0 saturated carbocycles. The van der Waals surface area contributed by atoms with E-state index in [9.17, 15) is 9.59 Å². The zero-order valence-electron chi connectivity index (χ0n) is 21.9. The third-order valence-electron chi connectivity index (χ3n) is 6.76. The number of anilines is 3. The molecule has 0 unspecified atom stereocenters. The van der Waals surface area contributed by atoms with Crippen LogP contribution in [0.3, 0.4) is 0 Å². The smallest absolute Gasteiger partial charge is 0.251 e. The van der Waals surface area contributed by atoms with E-state index in [0.717, 1.165) is 28.9 Å². The van der Waals surface area contributed by atoms with Crippen molar-refractivity contribution in [3.8, 4) is 11.1 Å². The molecule has 2 aliphatic heterocycles. The molecule has 0 radical (unpaired) electrons. The van der Waals surface area contributed by atoms with Gasteiger partial charge < -0.3 is 30.2 Å². The van der Waals surface area contributed by atoms with Crippen molar-refractivity contribution in [2.45, 2.75) is 32.0 Å². The molecule has 3 heterocycles. The fourth-order valence-corrected chi connectivity index (χ4v) is 4.66. The highest BCUT2D eigenvalue weighted by molar-refractivity contribution is 5.97. The Bertz CT molecular complexity index is 1260. The molecule has 2 fully saturated rings. The second-order valence-corrected chi connectivity index (χ2v) is 9.66. The van der Waals surface area contributed by atoms with Gasteiger partial charge in [-0.25, -0.2) is 4.98 Å². The molecule has 2 aliphatic rings. The maximum Gasteiger partial charge on any atom is 0.251 e. The first-order valence-corrected chi connectivity index (χ1v) is 13.5. The van der Waals surface area contributed by atoms with E-state index in [2.05, 4.69) is 20.9 Å². The number of para-hydroxylation sites is 1.